The van der Waals surface area contributed by atoms with E-state index in [1.165, 1.54) is 6.26 Å². The summed E-state index contributed by atoms with van der Waals surface area (Å²) in [7, 11) is -3.18. The number of carbonyl (C=O) groups excluding carboxylic acids is 1. The van der Waals surface area contributed by atoms with Gasteiger partial charge < -0.3 is 20.1 Å². The molecule has 3 atom stereocenters. The molecule has 144 valence electrons. The molecule has 1 aromatic carbocycles. The molecule has 26 heavy (non-hydrogen) atoms. The summed E-state index contributed by atoms with van der Waals surface area (Å²) in [4.78, 5) is 12.4. The monoisotopic (exact) mass is 382 g/mol. The highest BCUT2D eigenvalue weighted by Gasteiger charge is 2.33. The number of fused-ring (bicyclic) bond motifs is 1. The van der Waals surface area contributed by atoms with Crippen molar-refractivity contribution in [1.82, 2.24) is 10.6 Å². The average molecular weight is 382 g/mol. The summed E-state index contributed by atoms with van der Waals surface area (Å²) in [5.74, 6) is 1.38. The molecule has 0 spiro atoms. The molecule has 7 nitrogen and oxygen atoms in total. The van der Waals surface area contributed by atoms with Crippen molar-refractivity contribution in [1.29, 1.82) is 0 Å². The fourth-order valence-electron chi connectivity index (χ4n) is 3.59. The Bertz CT molecular complexity index is 765. The van der Waals surface area contributed by atoms with Crippen LogP contribution >= 0.6 is 0 Å². The smallest absolute Gasteiger partial charge is 0.315 e. The summed E-state index contributed by atoms with van der Waals surface area (Å²) in [5, 5.41) is 5.23. The van der Waals surface area contributed by atoms with Crippen molar-refractivity contribution >= 4 is 15.9 Å². The van der Waals surface area contributed by atoms with E-state index in [0.717, 1.165) is 18.4 Å². The molecule has 1 heterocycles. The Morgan fingerprint density at radius 3 is 2.58 bits per heavy atom. The fraction of sp³-hybridized carbons (Fsp3) is 0.611. The van der Waals surface area contributed by atoms with Gasteiger partial charge in [-0.15, -0.1) is 0 Å². The molecule has 8 heteroatoms. The van der Waals surface area contributed by atoms with Crippen LogP contribution in [-0.4, -0.2) is 45.2 Å². The van der Waals surface area contributed by atoms with Gasteiger partial charge in [0.1, 0.15) is 13.2 Å². The number of benzene rings is 1. The molecule has 0 saturated heterocycles. The van der Waals surface area contributed by atoms with Crippen LogP contribution in [0.2, 0.25) is 0 Å². The minimum atomic E-state index is -3.18. The third-order valence-corrected chi connectivity index (χ3v) is 6.65. The van der Waals surface area contributed by atoms with Gasteiger partial charge in [0, 0.05) is 12.3 Å². The zero-order valence-corrected chi connectivity index (χ0v) is 16.0. The molecule has 1 aliphatic carbocycles. The van der Waals surface area contributed by atoms with Crippen molar-refractivity contribution < 1.29 is 22.7 Å². The van der Waals surface area contributed by atoms with E-state index in [1.54, 1.807) is 0 Å². The number of nitrogens with one attached hydrogen (secondary N) is 2. The minimum Gasteiger partial charge on any atom is -0.486 e. The maximum Gasteiger partial charge on any atom is 0.315 e. The largest absolute Gasteiger partial charge is 0.486 e. The van der Waals surface area contributed by atoms with E-state index in [-0.39, 0.29) is 18.1 Å². The first-order chi connectivity index (χ1) is 12.3. The first-order valence-electron chi connectivity index (χ1n) is 9.00. The summed E-state index contributed by atoms with van der Waals surface area (Å²) in [5.41, 5.74) is 0.896. The quantitative estimate of drug-likeness (QED) is 0.832. The number of amides is 2. The Balaban J connectivity index is 1.62. The Kier molecular flexibility index (Phi) is 5.60. The first-order valence-corrected chi connectivity index (χ1v) is 11.0. The molecule has 2 aliphatic rings. The topological polar surface area (TPSA) is 93.7 Å². The predicted octanol–water partition coefficient (Wildman–Crippen LogP) is 2.17. The number of ether oxygens (including phenoxy) is 2. The highest BCUT2D eigenvalue weighted by molar-refractivity contribution is 7.91. The van der Waals surface area contributed by atoms with E-state index in [1.807, 2.05) is 25.1 Å². The van der Waals surface area contributed by atoms with Crippen LogP contribution in [0.3, 0.4) is 0 Å². The second kappa shape index (κ2) is 7.73. The summed E-state index contributed by atoms with van der Waals surface area (Å²) < 4.78 is 35.0. The Hall–Kier alpha value is -1.96. The SMILES string of the molecule is CC(NC(=O)N[C@@H]1CCCC[C@H]1S(C)(=O)=O)c1ccc2c(c1)OCCO2. The van der Waals surface area contributed by atoms with Gasteiger partial charge in [-0.3, -0.25) is 0 Å². The van der Waals surface area contributed by atoms with Crippen LogP contribution in [-0.2, 0) is 9.84 Å². The zero-order valence-electron chi connectivity index (χ0n) is 15.2. The Morgan fingerprint density at radius 1 is 1.15 bits per heavy atom. The molecule has 1 saturated carbocycles. The lowest BCUT2D eigenvalue weighted by atomic mass is 9.95. The number of hydrogen-bond acceptors (Lipinski definition) is 5. The van der Waals surface area contributed by atoms with Crippen LogP contribution < -0.4 is 20.1 Å². The van der Waals surface area contributed by atoms with E-state index in [9.17, 15) is 13.2 Å². The van der Waals surface area contributed by atoms with Crippen LogP contribution in [0.4, 0.5) is 4.79 Å². The Labute approximate surface area is 154 Å². The lowest BCUT2D eigenvalue weighted by Crippen LogP contribution is -2.51. The molecular formula is C18H26N2O5S. The highest BCUT2D eigenvalue weighted by Crippen LogP contribution is 2.32. The van der Waals surface area contributed by atoms with Crippen LogP contribution in [0, 0.1) is 0 Å². The Morgan fingerprint density at radius 2 is 1.85 bits per heavy atom. The van der Waals surface area contributed by atoms with Crippen LogP contribution in [0.15, 0.2) is 18.2 Å². The maximum absolute atomic E-state index is 12.4. The van der Waals surface area contributed by atoms with Gasteiger partial charge in [0.25, 0.3) is 0 Å². The molecule has 1 aromatic rings. The number of urea groups is 1. The van der Waals surface area contributed by atoms with E-state index in [2.05, 4.69) is 10.6 Å². The molecule has 0 aromatic heterocycles. The van der Waals surface area contributed by atoms with Gasteiger partial charge >= 0.3 is 6.03 Å². The van der Waals surface area contributed by atoms with Gasteiger partial charge in [-0.05, 0) is 37.5 Å². The van der Waals surface area contributed by atoms with Crippen molar-refractivity contribution in [3.05, 3.63) is 23.8 Å². The predicted molar refractivity (Wildman–Crippen MR) is 98.4 cm³/mol. The molecule has 0 radical (unpaired) electrons. The summed E-state index contributed by atoms with van der Waals surface area (Å²) >= 11 is 0. The van der Waals surface area contributed by atoms with Crippen molar-refractivity contribution in [2.24, 2.45) is 0 Å². The molecule has 3 rings (SSSR count). The van der Waals surface area contributed by atoms with Gasteiger partial charge in [0.15, 0.2) is 21.3 Å². The van der Waals surface area contributed by atoms with Gasteiger partial charge in [0.2, 0.25) is 0 Å². The number of rotatable bonds is 4. The van der Waals surface area contributed by atoms with Crippen molar-refractivity contribution in [2.75, 3.05) is 19.5 Å². The number of hydrogen-bond donors (Lipinski definition) is 2. The van der Waals surface area contributed by atoms with Crippen molar-refractivity contribution in [3.8, 4) is 11.5 Å². The van der Waals surface area contributed by atoms with Crippen LogP contribution in [0.25, 0.3) is 0 Å². The molecule has 2 amide bonds. The summed E-state index contributed by atoms with van der Waals surface area (Å²) in [6, 6.07) is 4.64. The second-order valence-corrected chi connectivity index (χ2v) is 9.27. The standard InChI is InChI=1S/C18H26N2O5S/c1-12(13-7-8-15-16(11-13)25-10-9-24-15)19-18(21)20-14-5-3-4-6-17(14)26(2,22)23/h7-8,11-12,14,17H,3-6,9-10H2,1-2H3,(H2,19,20,21)/t12?,14-,17-/m1/s1. The number of carbonyl (C=O) groups is 1. The van der Waals surface area contributed by atoms with Gasteiger partial charge in [0.05, 0.1) is 11.3 Å². The second-order valence-electron chi connectivity index (χ2n) is 7.00. The van der Waals surface area contributed by atoms with E-state index >= 15 is 0 Å². The molecular weight excluding hydrogens is 356 g/mol. The van der Waals surface area contributed by atoms with Crippen LogP contribution in [0.1, 0.15) is 44.2 Å². The van der Waals surface area contributed by atoms with Crippen LogP contribution in [0.5, 0.6) is 11.5 Å². The van der Waals surface area contributed by atoms with E-state index < -0.39 is 15.1 Å². The zero-order chi connectivity index (χ0) is 18.7. The van der Waals surface area contributed by atoms with Crippen molar-refractivity contribution in [3.63, 3.8) is 0 Å². The number of sulfone groups is 1. The molecule has 0 bridgehead atoms. The van der Waals surface area contributed by atoms with Crippen molar-refractivity contribution in [2.45, 2.75) is 49.9 Å². The molecule has 2 N–H and O–H groups in total. The van der Waals surface area contributed by atoms with E-state index in [0.29, 0.717) is 37.6 Å². The summed E-state index contributed by atoms with van der Waals surface area (Å²) in [6.45, 7) is 2.92. The van der Waals surface area contributed by atoms with Gasteiger partial charge in [-0.1, -0.05) is 18.9 Å². The molecule has 1 unspecified atom stereocenters. The summed E-state index contributed by atoms with van der Waals surface area (Å²) in [6.07, 6.45) is 4.33. The lowest BCUT2D eigenvalue weighted by molar-refractivity contribution is 0.171. The average Bonchev–Trinajstić information content (AvgIpc) is 2.60. The molecule has 1 aliphatic heterocycles. The van der Waals surface area contributed by atoms with Gasteiger partial charge in [-0.25, -0.2) is 13.2 Å². The third-order valence-electron chi connectivity index (χ3n) is 4.98. The van der Waals surface area contributed by atoms with Gasteiger partial charge in [-0.2, -0.15) is 0 Å². The lowest BCUT2D eigenvalue weighted by Gasteiger charge is -2.31. The first kappa shape index (κ1) is 18.8. The van der Waals surface area contributed by atoms with E-state index in [4.69, 9.17) is 9.47 Å². The highest BCUT2D eigenvalue weighted by atomic mass is 32.2. The third kappa shape index (κ3) is 4.41. The fourth-order valence-corrected chi connectivity index (χ4v) is 4.99. The normalized spacial score (nSPS) is 23.8. The maximum atomic E-state index is 12.4. The minimum absolute atomic E-state index is 0.244. The molecule has 1 fully saturated rings.